The molecule has 0 aromatic heterocycles. The average molecular weight is 328 g/mol. The fourth-order valence-electron chi connectivity index (χ4n) is 1.74. The van der Waals surface area contributed by atoms with Gasteiger partial charge < -0.3 is 4.74 Å². The Morgan fingerprint density at radius 2 is 1.41 bits per heavy atom. The normalized spacial score (nSPS) is 11.6. The van der Waals surface area contributed by atoms with E-state index in [2.05, 4.69) is 31.8 Å². The first kappa shape index (κ1) is 16.5. The van der Waals surface area contributed by atoms with Crippen LogP contribution in [0.15, 0.2) is 66.7 Å². The van der Waals surface area contributed by atoms with E-state index in [4.69, 9.17) is 4.74 Å². The van der Waals surface area contributed by atoms with Gasteiger partial charge in [-0.25, -0.2) is 4.79 Å². The van der Waals surface area contributed by atoms with E-state index in [0.29, 0.717) is 11.3 Å². The van der Waals surface area contributed by atoms with E-state index in [-0.39, 0.29) is 0 Å². The predicted octanol–water partition coefficient (Wildman–Crippen LogP) is 4.85. The van der Waals surface area contributed by atoms with E-state index >= 15 is 0 Å². The zero-order valence-corrected chi connectivity index (χ0v) is 13.9. The molecule has 2 aromatic carbocycles. The summed E-state index contributed by atoms with van der Waals surface area (Å²) in [4.78, 5) is 13.0. The summed E-state index contributed by atoms with van der Waals surface area (Å²) in [7, 11) is 0. The van der Waals surface area contributed by atoms with Crippen LogP contribution in [0.4, 0.5) is 0 Å². The van der Waals surface area contributed by atoms with Crippen molar-refractivity contribution >= 4 is 41.0 Å². The van der Waals surface area contributed by atoms with E-state index in [1.54, 1.807) is 19.1 Å². The van der Waals surface area contributed by atoms with E-state index in [0.717, 1.165) is 20.9 Å². The number of benzene rings is 2. The highest BCUT2D eigenvalue weighted by Crippen LogP contribution is 2.32. The summed E-state index contributed by atoms with van der Waals surface area (Å²) in [5.74, 6) is 0.0341. The van der Waals surface area contributed by atoms with Gasteiger partial charge >= 0.3 is 5.97 Å². The molecule has 0 aliphatic heterocycles. The van der Waals surface area contributed by atoms with Crippen molar-refractivity contribution in [3.05, 3.63) is 77.9 Å². The summed E-state index contributed by atoms with van der Waals surface area (Å²) in [5, 5.41) is 0. The zero-order valence-electron chi connectivity index (χ0n) is 12.1. The Balaban J connectivity index is 2.23. The molecule has 0 N–H and O–H groups in total. The molecule has 0 fully saturated rings. The Hall–Kier alpha value is -1.91. The average Bonchev–Trinajstić information content (AvgIpc) is 2.55. The first-order valence-corrected chi connectivity index (χ1v) is 7.54. The van der Waals surface area contributed by atoms with Crippen molar-refractivity contribution in [2.45, 2.75) is 6.92 Å². The van der Waals surface area contributed by atoms with Gasteiger partial charge in [-0.2, -0.15) is 0 Å². The molecule has 0 spiro atoms. The molecule has 112 valence electrons. The predicted molar refractivity (Wildman–Crippen MR) is 98.1 cm³/mol. The number of ether oxygens (including phenoxy) is 1. The number of carbonyl (C=O) groups excluding carboxylic acids is 1. The van der Waals surface area contributed by atoms with Crippen LogP contribution in [-0.4, -0.2) is 5.97 Å². The Kier molecular flexibility index (Phi) is 5.52. The number of thiol groups is 2. The molecule has 0 aliphatic carbocycles. The second kappa shape index (κ2) is 7.38. The minimum atomic E-state index is -0.437. The van der Waals surface area contributed by atoms with Crippen molar-refractivity contribution in [2.24, 2.45) is 0 Å². The Morgan fingerprint density at radius 1 is 0.909 bits per heavy atom. The molecular formula is C18H16O2S2. The highest BCUT2D eigenvalue weighted by molar-refractivity contribution is 7.96. The Labute approximate surface area is 141 Å². The molecule has 0 unspecified atom stereocenters. The third-order valence-corrected chi connectivity index (χ3v) is 4.10. The highest BCUT2D eigenvalue weighted by atomic mass is 32.1. The lowest BCUT2D eigenvalue weighted by Crippen LogP contribution is -2.07. The van der Waals surface area contributed by atoms with Crippen LogP contribution < -0.4 is 4.74 Å². The summed E-state index contributed by atoms with van der Waals surface area (Å²) < 4.78 is 5.16. The number of hydrogen-bond donors (Lipinski definition) is 2. The number of hydrogen-bond acceptors (Lipinski definition) is 4. The van der Waals surface area contributed by atoms with Gasteiger partial charge in [0, 0.05) is 15.4 Å². The third kappa shape index (κ3) is 4.06. The van der Waals surface area contributed by atoms with Crippen molar-refractivity contribution < 1.29 is 9.53 Å². The number of carbonyl (C=O) groups is 1. The lowest BCUT2D eigenvalue weighted by atomic mass is 10.1. The van der Waals surface area contributed by atoms with Crippen LogP contribution in [0.5, 0.6) is 5.75 Å². The van der Waals surface area contributed by atoms with Crippen LogP contribution >= 0.6 is 25.3 Å². The standard InChI is InChI=1S/C18H16O2S2/c1-12(2)18(19)20-15-10-8-14(9-11-15)17(22)16(21)13-6-4-3-5-7-13/h3-11,21-22H,1H2,2H3/b17-16-. The van der Waals surface area contributed by atoms with Crippen LogP contribution in [0, 0.1) is 0 Å². The van der Waals surface area contributed by atoms with Crippen LogP contribution in [0.2, 0.25) is 0 Å². The van der Waals surface area contributed by atoms with Gasteiger partial charge in [0.05, 0.1) is 0 Å². The van der Waals surface area contributed by atoms with Gasteiger partial charge in [0.1, 0.15) is 5.75 Å². The molecule has 22 heavy (non-hydrogen) atoms. The second-order valence-electron chi connectivity index (χ2n) is 4.76. The fraction of sp³-hybridized carbons (Fsp3) is 0.0556. The maximum Gasteiger partial charge on any atom is 0.338 e. The van der Waals surface area contributed by atoms with E-state index < -0.39 is 5.97 Å². The number of esters is 1. The first-order valence-electron chi connectivity index (χ1n) is 6.65. The monoisotopic (exact) mass is 328 g/mol. The van der Waals surface area contributed by atoms with Crippen LogP contribution in [-0.2, 0) is 4.79 Å². The highest BCUT2D eigenvalue weighted by Gasteiger charge is 2.08. The minimum Gasteiger partial charge on any atom is -0.423 e. The summed E-state index contributed by atoms with van der Waals surface area (Å²) in [5.41, 5.74) is 2.25. The summed E-state index contributed by atoms with van der Waals surface area (Å²) in [6.07, 6.45) is 0. The molecule has 0 aliphatic rings. The smallest absolute Gasteiger partial charge is 0.338 e. The van der Waals surface area contributed by atoms with Gasteiger partial charge in [-0.1, -0.05) is 49.0 Å². The van der Waals surface area contributed by atoms with Crippen molar-refractivity contribution in [1.82, 2.24) is 0 Å². The number of rotatable bonds is 4. The maximum absolute atomic E-state index is 11.5. The topological polar surface area (TPSA) is 26.3 Å². The van der Waals surface area contributed by atoms with Gasteiger partial charge in [-0.15, -0.1) is 25.3 Å². The first-order chi connectivity index (χ1) is 10.5. The molecule has 0 amide bonds. The quantitative estimate of drug-likeness (QED) is 0.276. The summed E-state index contributed by atoms with van der Waals surface area (Å²) in [6, 6.07) is 16.9. The van der Waals surface area contributed by atoms with E-state index in [9.17, 15) is 4.79 Å². The fourth-order valence-corrected chi connectivity index (χ4v) is 2.30. The molecule has 0 saturated heterocycles. The van der Waals surface area contributed by atoms with Crippen LogP contribution in [0.25, 0.3) is 9.81 Å². The van der Waals surface area contributed by atoms with Gasteiger partial charge in [0.25, 0.3) is 0 Å². The minimum absolute atomic E-state index is 0.362. The molecule has 4 heteroatoms. The summed E-state index contributed by atoms with van der Waals surface area (Å²) in [6.45, 7) is 5.16. The van der Waals surface area contributed by atoms with Gasteiger partial charge in [-0.3, -0.25) is 0 Å². The summed E-state index contributed by atoms with van der Waals surface area (Å²) >= 11 is 9.08. The van der Waals surface area contributed by atoms with Crippen molar-refractivity contribution in [2.75, 3.05) is 0 Å². The zero-order chi connectivity index (χ0) is 16.1. The van der Waals surface area contributed by atoms with Crippen molar-refractivity contribution in [3.63, 3.8) is 0 Å². The lowest BCUT2D eigenvalue weighted by molar-refractivity contribution is -0.130. The van der Waals surface area contributed by atoms with Crippen LogP contribution in [0.1, 0.15) is 18.1 Å². The lowest BCUT2D eigenvalue weighted by Gasteiger charge is -2.08. The molecule has 2 nitrogen and oxygen atoms in total. The Morgan fingerprint density at radius 3 is 1.91 bits per heavy atom. The molecule has 2 aromatic rings. The van der Waals surface area contributed by atoms with E-state index in [1.165, 1.54) is 0 Å². The molecular weight excluding hydrogens is 312 g/mol. The van der Waals surface area contributed by atoms with Crippen LogP contribution in [0.3, 0.4) is 0 Å². The molecule has 0 saturated carbocycles. The second-order valence-corrected chi connectivity index (χ2v) is 5.65. The maximum atomic E-state index is 11.5. The van der Waals surface area contributed by atoms with E-state index in [1.807, 2.05) is 42.5 Å². The largest absolute Gasteiger partial charge is 0.423 e. The molecule has 0 atom stereocenters. The molecule has 0 bridgehead atoms. The third-order valence-electron chi connectivity index (χ3n) is 2.96. The molecule has 2 rings (SSSR count). The van der Waals surface area contributed by atoms with Gasteiger partial charge in [0.2, 0.25) is 0 Å². The van der Waals surface area contributed by atoms with Gasteiger partial charge in [0.15, 0.2) is 0 Å². The molecule has 0 heterocycles. The molecule has 0 radical (unpaired) electrons. The Bertz CT molecular complexity index is 717. The SMILES string of the molecule is C=C(C)C(=O)Oc1ccc(/C(S)=C(/S)c2ccccc2)cc1. The van der Waals surface area contributed by atoms with Crippen molar-refractivity contribution in [3.8, 4) is 5.75 Å². The van der Waals surface area contributed by atoms with Crippen molar-refractivity contribution in [1.29, 1.82) is 0 Å². The van der Waals surface area contributed by atoms with Gasteiger partial charge in [-0.05, 0) is 30.2 Å².